The van der Waals surface area contributed by atoms with E-state index in [1.54, 1.807) is 0 Å². The second-order valence-electron chi connectivity index (χ2n) is 7.68. The molecule has 2 rings (SSSR count). The second kappa shape index (κ2) is 16.5. The lowest BCUT2D eigenvalue weighted by molar-refractivity contribution is -0.187. The van der Waals surface area contributed by atoms with Crippen LogP contribution in [0.5, 0.6) is 0 Å². The van der Waals surface area contributed by atoms with Gasteiger partial charge in [-0.2, -0.15) is 0 Å². The highest BCUT2D eigenvalue weighted by Crippen LogP contribution is 2.20. The Balaban J connectivity index is 1.29. The van der Waals surface area contributed by atoms with Crippen LogP contribution in [0.1, 0.15) is 25.7 Å². The number of hydrogen-bond donors (Lipinski definition) is 1. The normalized spacial score (nSPS) is 15.3. The van der Waals surface area contributed by atoms with Crippen LogP contribution in [-0.4, -0.2) is 106 Å². The predicted octanol–water partition coefficient (Wildman–Crippen LogP) is -0.531. The van der Waals surface area contributed by atoms with E-state index in [4.69, 9.17) is 23.8 Å². The van der Waals surface area contributed by atoms with Gasteiger partial charge in [0.05, 0.1) is 65.0 Å². The zero-order valence-electron chi connectivity index (χ0n) is 20.2. The lowest BCUT2D eigenvalue weighted by atomic mass is 10.3. The van der Waals surface area contributed by atoms with Crippen LogP contribution < -0.4 is 5.32 Å². The van der Waals surface area contributed by atoms with Crippen molar-refractivity contribution in [2.75, 3.05) is 65.9 Å². The highest BCUT2D eigenvalue weighted by molar-refractivity contribution is 6.13. The zero-order valence-corrected chi connectivity index (χ0v) is 20.2. The number of carbonyl (C=O) groups excluding carboxylic acids is 5. The molecule has 4 amide bonds. The van der Waals surface area contributed by atoms with Gasteiger partial charge in [-0.25, -0.2) is 4.79 Å². The number of nitrogens with one attached hydrogen (secondary N) is 1. The number of hydroxylamine groups is 2. The van der Waals surface area contributed by atoms with Gasteiger partial charge in [-0.1, -0.05) is 6.58 Å². The monoisotopic (exact) mass is 511 g/mol. The van der Waals surface area contributed by atoms with Crippen molar-refractivity contribution < 1.29 is 47.8 Å². The molecule has 1 fully saturated rings. The summed E-state index contributed by atoms with van der Waals surface area (Å²) in [6.07, 6.45) is 3.20. The van der Waals surface area contributed by atoms with Gasteiger partial charge in [0.25, 0.3) is 17.7 Å². The molecule has 200 valence electrons. The molecule has 2 aliphatic heterocycles. The molecule has 1 saturated heterocycles. The van der Waals surface area contributed by atoms with Crippen molar-refractivity contribution in [3.63, 3.8) is 0 Å². The van der Waals surface area contributed by atoms with Crippen LogP contribution in [0.15, 0.2) is 24.4 Å². The smallest absolute Gasteiger partial charge is 0.335 e. The highest BCUT2D eigenvalue weighted by Gasteiger charge is 2.28. The molecule has 2 aliphatic rings. The van der Waals surface area contributed by atoms with E-state index in [9.17, 15) is 24.0 Å². The Labute approximate surface area is 209 Å². The summed E-state index contributed by atoms with van der Waals surface area (Å²) < 4.78 is 21.4. The summed E-state index contributed by atoms with van der Waals surface area (Å²) in [5.41, 5.74) is 0.475. The Morgan fingerprint density at radius 3 is 1.92 bits per heavy atom. The Morgan fingerprint density at radius 2 is 1.36 bits per heavy atom. The average Bonchev–Trinajstić information content (AvgIpc) is 3.34. The summed E-state index contributed by atoms with van der Waals surface area (Å²) in [7, 11) is 0. The highest BCUT2D eigenvalue weighted by atomic mass is 16.7. The molecule has 0 aliphatic carbocycles. The van der Waals surface area contributed by atoms with Gasteiger partial charge in [0, 0.05) is 38.1 Å². The number of nitrogens with zero attached hydrogens (tertiary/aromatic N) is 2. The Morgan fingerprint density at radius 1 is 0.806 bits per heavy atom. The Hall–Kier alpha value is -3.13. The van der Waals surface area contributed by atoms with Gasteiger partial charge < -0.3 is 29.1 Å². The minimum atomic E-state index is -0.559. The van der Waals surface area contributed by atoms with Crippen molar-refractivity contribution in [3.8, 4) is 0 Å². The quantitative estimate of drug-likeness (QED) is 0.177. The number of imide groups is 1. The summed E-state index contributed by atoms with van der Waals surface area (Å²) in [4.78, 5) is 63.7. The number of hydrogen-bond acceptors (Lipinski definition) is 10. The molecular formula is C23H33N3O10. The molecule has 13 nitrogen and oxygen atoms in total. The van der Waals surface area contributed by atoms with Gasteiger partial charge in [0.1, 0.15) is 0 Å². The van der Waals surface area contributed by atoms with Crippen LogP contribution >= 0.6 is 0 Å². The standard InChI is InChI=1S/C23H33N3O10/c1-18-2-3-22(30)26(18)36-23(31)7-10-32-12-14-34-16-17-35-15-13-33-11-8-24-19(27)6-9-25-20(28)4-5-21(25)29/h4-5H,1-3,6-17H2,(H,24,27). The fourth-order valence-corrected chi connectivity index (χ4v) is 3.03. The van der Waals surface area contributed by atoms with E-state index in [0.29, 0.717) is 71.3 Å². The molecular weight excluding hydrogens is 478 g/mol. The molecule has 0 aromatic carbocycles. The fraction of sp³-hybridized carbons (Fsp3) is 0.609. The maximum Gasteiger partial charge on any atom is 0.335 e. The molecule has 2 heterocycles. The minimum Gasteiger partial charge on any atom is -0.378 e. The van der Waals surface area contributed by atoms with E-state index in [1.807, 2.05) is 0 Å². The van der Waals surface area contributed by atoms with Crippen molar-refractivity contribution in [3.05, 3.63) is 24.4 Å². The maximum atomic E-state index is 11.7. The number of carbonyl (C=O) groups is 5. The number of rotatable bonds is 19. The van der Waals surface area contributed by atoms with Crippen LogP contribution in [-0.2, 0) is 47.8 Å². The third-order valence-corrected chi connectivity index (χ3v) is 4.93. The molecule has 13 heteroatoms. The van der Waals surface area contributed by atoms with E-state index < -0.39 is 17.8 Å². The zero-order chi connectivity index (χ0) is 26.2. The van der Waals surface area contributed by atoms with Gasteiger partial charge in [0.2, 0.25) is 5.91 Å². The van der Waals surface area contributed by atoms with Crippen molar-refractivity contribution in [1.82, 2.24) is 15.3 Å². The molecule has 0 bridgehead atoms. The minimum absolute atomic E-state index is 0.0161. The van der Waals surface area contributed by atoms with Crippen molar-refractivity contribution >= 4 is 29.6 Å². The topological polar surface area (TPSA) is 150 Å². The number of allylic oxidation sites excluding steroid dienone is 1. The molecule has 1 N–H and O–H groups in total. The molecule has 0 atom stereocenters. The second-order valence-corrected chi connectivity index (χ2v) is 7.68. The van der Waals surface area contributed by atoms with Gasteiger partial charge in [0.15, 0.2) is 0 Å². The number of ether oxygens (including phenoxy) is 4. The molecule has 0 aromatic heterocycles. The van der Waals surface area contributed by atoms with Gasteiger partial charge in [-0.3, -0.25) is 24.1 Å². The molecule has 0 spiro atoms. The molecule has 0 radical (unpaired) electrons. The van der Waals surface area contributed by atoms with Crippen molar-refractivity contribution in [2.45, 2.75) is 25.7 Å². The van der Waals surface area contributed by atoms with E-state index in [2.05, 4.69) is 11.9 Å². The lowest BCUT2D eigenvalue weighted by Gasteiger charge is -2.15. The molecule has 36 heavy (non-hydrogen) atoms. The third-order valence-electron chi connectivity index (χ3n) is 4.93. The maximum absolute atomic E-state index is 11.7. The summed E-state index contributed by atoms with van der Waals surface area (Å²) in [5, 5.41) is 3.59. The summed E-state index contributed by atoms with van der Waals surface area (Å²) in [5.74, 6) is -1.92. The summed E-state index contributed by atoms with van der Waals surface area (Å²) in [6.45, 7) is 6.61. The first-order valence-electron chi connectivity index (χ1n) is 11.7. The Bertz CT molecular complexity index is 795. The first-order valence-corrected chi connectivity index (χ1v) is 11.7. The molecule has 0 aromatic rings. The van der Waals surface area contributed by atoms with E-state index in [-0.39, 0.29) is 37.8 Å². The summed E-state index contributed by atoms with van der Waals surface area (Å²) in [6, 6.07) is 0. The van der Waals surface area contributed by atoms with Gasteiger partial charge in [-0.05, 0) is 6.42 Å². The van der Waals surface area contributed by atoms with Gasteiger partial charge in [-0.15, -0.1) is 5.06 Å². The van der Waals surface area contributed by atoms with Crippen LogP contribution in [0.2, 0.25) is 0 Å². The van der Waals surface area contributed by atoms with Gasteiger partial charge >= 0.3 is 5.97 Å². The van der Waals surface area contributed by atoms with E-state index in [1.165, 1.54) is 12.2 Å². The first kappa shape index (κ1) is 29.1. The van der Waals surface area contributed by atoms with Crippen LogP contribution in [0, 0.1) is 0 Å². The largest absolute Gasteiger partial charge is 0.378 e. The van der Waals surface area contributed by atoms with Crippen LogP contribution in [0.25, 0.3) is 0 Å². The van der Waals surface area contributed by atoms with E-state index in [0.717, 1.165) is 9.96 Å². The summed E-state index contributed by atoms with van der Waals surface area (Å²) >= 11 is 0. The number of amides is 4. The average molecular weight is 512 g/mol. The third kappa shape index (κ3) is 11.1. The Kier molecular flexibility index (Phi) is 13.4. The van der Waals surface area contributed by atoms with Crippen LogP contribution in [0.3, 0.4) is 0 Å². The fourth-order valence-electron chi connectivity index (χ4n) is 3.03. The molecule has 0 unspecified atom stereocenters. The first-order chi connectivity index (χ1) is 17.4. The molecule has 0 saturated carbocycles. The van der Waals surface area contributed by atoms with Crippen LogP contribution in [0.4, 0.5) is 0 Å². The van der Waals surface area contributed by atoms with Crippen molar-refractivity contribution in [1.29, 1.82) is 0 Å². The lowest BCUT2D eigenvalue weighted by Crippen LogP contribution is -2.35. The van der Waals surface area contributed by atoms with E-state index >= 15 is 0 Å². The predicted molar refractivity (Wildman–Crippen MR) is 123 cm³/mol. The van der Waals surface area contributed by atoms with Crippen molar-refractivity contribution in [2.24, 2.45) is 0 Å². The SMILES string of the molecule is C=C1CCC(=O)N1OC(=O)CCOCCOCCOCCOCCNC(=O)CCN1C(=O)C=CC1=O.